The van der Waals surface area contributed by atoms with Gasteiger partial charge in [0.05, 0.1) is 18.2 Å². The van der Waals surface area contributed by atoms with E-state index < -0.39 is 17.7 Å². The normalized spacial score (nSPS) is 19.8. The maximum atomic E-state index is 13.1. The number of nitrogens with zero attached hydrogens (tertiary/aromatic N) is 3. The monoisotopic (exact) mass is 435 g/mol. The number of aromatic nitrogens is 1. The van der Waals surface area contributed by atoms with Crippen molar-refractivity contribution in [3.8, 4) is 5.75 Å². The van der Waals surface area contributed by atoms with E-state index in [9.17, 15) is 14.7 Å². The Kier molecular flexibility index (Phi) is 6.55. The topological polar surface area (TPSA) is 83.0 Å². The number of aryl methyl sites for hydroxylation is 1. The van der Waals surface area contributed by atoms with Gasteiger partial charge in [0.1, 0.15) is 11.5 Å². The second-order valence-electron chi connectivity index (χ2n) is 8.07. The van der Waals surface area contributed by atoms with E-state index in [1.54, 1.807) is 35.5 Å². The van der Waals surface area contributed by atoms with Crippen molar-refractivity contribution in [3.63, 3.8) is 0 Å². The second-order valence-corrected chi connectivity index (χ2v) is 8.07. The van der Waals surface area contributed by atoms with E-state index >= 15 is 0 Å². The fourth-order valence-corrected chi connectivity index (χ4v) is 4.46. The molecule has 0 aliphatic carbocycles. The lowest BCUT2D eigenvalue weighted by molar-refractivity contribution is -0.140. The number of ether oxygens (including phenoxy) is 1. The van der Waals surface area contributed by atoms with E-state index in [-0.39, 0.29) is 11.3 Å². The molecule has 2 aliphatic heterocycles. The SMILES string of the molecule is CCN(CC)CCN1C(=O)C(=O)/C(=C(\O)c2ccc3c(c2)CCCO3)C1c1ccncc1. The van der Waals surface area contributed by atoms with Crippen LogP contribution in [0.4, 0.5) is 0 Å². The number of aliphatic hydroxyl groups excluding tert-OH is 1. The second kappa shape index (κ2) is 9.53. The minimum Gasteiger partial charge on any atom is -0.507 e. The summed E-state index contributed by atoms with van der Waals surface area (Å²) in [4.78, 5) is 34.0. The zero-order valence-electron chi connectivity index (χ0n) is 18.6. The van der Waals surface area contributed by atoms with Crippen LogP contribution in [-0.2, 0) is 16.0 Å². The first-order valence-electron chi connectivity index (χ1n) is 11.2. The molecule has 1 amide bonds. The van der Waals surface area contributed by atoms with Crippen LogP contribution in [0.3, 0.4) is 0 Å². The molecule has 4 rings (SSSR count). The van der Waals surface area contributed by atoms with E-state index in [1.165, 1.54) is 0 Å². The maximum absolute atomic E-state index is 13.1. The van der Waals surface area contributed by atoms with Crippen LogP contribution in [0, 0.1) is 0 Å². The fraction of sp³-hybridized carbons (Fsp3) is 0.400. The molecule has 0 spiro atoms. The molecule has 0 radical (unpaired) electrons. The number of amides is 1. The number of fused-ring (bicyclic) bond motifs is 1. The molecule has 1 N–H and O–H groups in total. The number of aliphatic hydroxyl groups is 1. The highest BCUT2D eigenvalue weighted by atomic mass is 16.5. The van der Waals surface area contributed by atoms with Crippen molar-refractivity contribution in [2.75, 3.05) is 32.8 Å². The minimum absolute atomic E-state index is 0.123. The lowest BCUT2D eigenvalue weighted by atomic mass is 9.94. The summed E-state index contributed by atoms with van der Waals surface area (Å²) in [5, 5.41) is 11.2. The molecule has 1 aromatic heterocycles. The first-order chi connectivity index (χ1) is 15.5. The molecule has 0 bridgehead atoms. The van der Waals surface area contributed by atoms with E-state index in [1.807, 2.05) is 12.1 Å². The van der Waals surface area contributed by atoms with E-state index in [2.05, 4.69) is 23.7 Å². The van der Waals surface area contributed by atoms with Crippen LogP contribution >= 0.6 is 0 Å². The van der Waals surface area contributed by atoms with Gasteiger partial charge in [0.25, 0.3) is 11.7 Å². The Balaban J connectivity index is 1.76. The minimum atomic E-state index is -0.655. The van der Waals surface area contributed by atoms with Gasteiger partial charge in [-0.1, -0.05) is 13.8 Å². The molecule has 1 fully saturated rings. The van der Waals surface area contributed by atoms with Gasteiger partial charge in [0.2, 0.25) is 0 Å². The predicted octanol–water partition coefficient (Wildman–Crippen LogP) is 3.17. The van der Waals surface area contributed by atoms with Crippen LogP contribution in [0.15, 0.2) is 48.3 Å². The highest BCUT2D eigenvalue weighted by Crippen LogP contribution is 2.39. The summed E-state index contributed by atoms with van der Waals surface area (Å²) in [6.45, 7) is 7.58. The van der Waals surface area contributed by atoms with Crippen LogP contribution < -0.4 is 4.74 Å². The summed E-state index contributed by atoms with van der Waals surface area (Å²) < 4.78 is 5.67. The van der Waals surface area contributed by atoms with Gasteiger partial charge in [-0.05, 0) is 67.4 Å². The highest BCUT2D eigenvalue weighted by molar-refractivity contribution is 6.46. The van der Waals surface area contributed by atoms with Gasteiger partial charge >= 0.3 is 0 Å². The van der Waals surface area contributed by atoms with Gasteiger partial charge in [-0.25, -0.2) is 0 Å². The summed E-state index contributed by atoms with van der Waals surface area (Å²) in [5.41, 5.74) is 2.39. The quantitative estimate of drug-likeness (QED) is 0.409. The molecule has 1 unspecified atom stereocenters. The van der Waals surface area contributed by atoms with Crippen molar-refractivity contribution in [2.24, 2.45) is 0 Å². The maximum Gasteiger partial charge on any atom is 0.295 e. The summed E-state index contributed by atoms with van der Waals surface area (Å²) in [5.74, 6) is -0.582. The number of hydrogen-bond donors (Lipinski definition) is 1. The third-order valence-electron chi connectivity index (χ3n) is 6.30. The van der Waals surface area contributed by atoms with E-state index in [0.29, 0.717) is 25.3 Å². The number of likely N-dealkylation sites (N-methyl/N-ethyl adjacent to an activating group) is 1. The van der Waals surface area contributed by atoms with Crippen molar-refractivity contribution in [1.82, 2.24) is 14.8 Å². The van der Waals surface area contributed by atoms with Gasteiger partial charge in [-0.3, -0.25) is 14.6 Å². The Morgan fingerprint density at radius 3 is 2.66 bits per heavy atom. The molecule has 3 heterocycles. The van der Waals surface area contributed by atoms with Crippen LogP contribution in [0.5, 0.6) is 5.75 Å². The molecule has 32 heavy (non-hydrogen) atoms. The Morgan fingerprint density at radius 2 is 1.94 bits per heavy atom. The Labute approximate surface area is 188 Å². The molecule has 7 heteroatoms. The van der Waals surface area contributed by atoms with Crippen LogP contribution in [0.2, 0.25) is 0 Å². The van der Waals surface area contributed by atoms with Crippen LogP contribution in [0.1, 0.15) is 43.0 Å². The zero-order valence-corrected chi connectivity index (χ0v) is 18.6. The lowest BCUT2D eigenvalue weighted by Gasteiger charge is -2.28. The first kappa shape index (κ1) is 22.0. The van der Waals surface area contributed by atoms with Gasteiger partial charge in [0, 0.05) is 31.0 Å². The van der Waals surface area contributed by atoms with Crippen molar-refractivity contribution in [1.29, 1.82) is 0 Å². The molecular formula is C25H29N3O4. The van der Waals surface area contributed by atoms with Gasteiger partial charge < -0.3 is 19.6 Å². The fourth-order valence-electron chi connectivity index (χ4n) is 4.46. The predicted molar refractivity (Wildman–Crippen MR) is 121 cm³/mol. The number of benzene rings is 1. The van der Waals surface area contributed by atoms with Gasteiger partial charge in [-0.15, -0.1) is 0 Å². The standard InChI is InChI=1S/C25H29N3O4/c1-3-27(4-2)13-14-28-22(17-9-11-26-12-10-17)21(24(30)25(28)31)23(29)19-7-8-20-18(16-19)6-5-15-32-20/h7-12,16,22,29H,3-6,13-15H2,1-2H3/b23-21-. The smallest absolute Gasteiger partial charge is 0.295 e. The van der Waals surface area contributed by atoms with Crippen molar-refractivity contribution < 1.29 is 19.4 Å². The third-order valence-corrected chi connectivity index (χ3v) is 6.30. The number of Topliss-reactive ketones (excluding diaryl/α,β-unsaturated/α-hetero) is 1. The van der Waals surface area contributed by atoms with Crippen molar-refractivity contribution >= 4 is 17.4 Å². The third kappa shape index (κ3) is 4.12. The molecule has 0 saturated carbocycles. The summed E-state index contributed by atoms with van der Waals surface area (Å²) in [7, 11) is 0. The molecule has 1 atom stereocenters. The summed E-state index contributed by atoms with van der Waals surface area (Å²) >= 11 is 0. The number of likely N-dealkylation sites (tertiary alicyclic amines) is 1. The average Bonchev–Trinajstić information content (AvgIpc) is 3.09. The van der Waals surface area contributed by atoms with Gasteiger partial charge in [-0.2, -0.15) is 0 Å². The van der Waals surface area contributed by atoms with Crippen LogP contribution in [0.25, 0.3) is 5.76 Å². The number of pyridine rings is 1. The average molecular weight is 436 g/mol. The molecule has 2 aromatic rings. The van der Waals surface area contributed by atoms with Crippen molar-refractivity contribution in [2.45, 2.75) is 32.7 Å². The molecule has 1 aromatic carbocycles. The highest BCUT2D eigenvalue weighted by Gasteiger charge is 2.46. The number of carbonyl (C=O) groups is 2. The number of hydrogen-bond acceptors (Lipinski definition) is 6. The first-order valence-corrected chi connectivity index (χ1v) is 11.2. The zero-order chi connectivity index (χ0) is 22.7. The molecular weight excluding hydrogens is 406 g/mol. The Hall–Kier alpha value is -3.19. The molecule has 168 valence electrons. The Morgan fingerprint density at radius 1 is 1.19 bits per heavy atom. The summed E-state index contributed by atoms with van der Waals surface area (Å²) in [6.07, 6.45) is 5.03. The largest absolute Gasteiger partial charge is 0.507 e. The number of ketones is 1. The lowest BCUT2D eigenvalue weighted by Crippen LogP contribution is -2.38. The molecule has 2 aliphatic rings. The number of carbonyl (C=O) groups excluding carboxylic acids is 2. The Bertz CT molecular complexity index is 1030. The molecule has 7 nitrogen and oxygen atoms in total. The van der Waals surface area contributed by atoms with E-state index in [4.69, 9.17) is 4.74 Å². The summed E-state index contributed by atoms with van der Waals surface area (Å²) in [6, 6.07) is 8.34. The molecule has 1 saturated heterocycles. The number of rotatable bonds is 7. The van der Waals surface area contributed by atoms with Crippen LogP contribution in [-0.4, -0.2) is 64.4 Å². The van der Waals surface area contributed by atoms with Crippen molar-refractivity contribution in [3.05, 3.63) is 65.0 Å². The van der Waals surface area contributed by atoms with Gasteiger partial charge in [0.15, 0.2) is 0 Å². The van der Waals surface area contributed by atoms with E-state index in [0.717, 1.165) is 42.8 Å².